The van der Waals surface area contributed by atoms with E-state index in [4.69, 9.17) is 24.5 Å². The average molecular weight is 311 g/mol. The zero-order valence-electron chi connectivity index (χ0n) is 13.8. The molecule has 0 radical (unpaired) electrons. The van der Waals surface area contributed by atoms with Crippen LogP contribution in [0.25, 0.3) is 0 Å². The van der Waals surface area contributed by atoms with Gasteiger partial charge in [-0.25, -0.2) is 9.59 Å². The first-order valence-corrected chi connectivity index (χ1v) is 6.99. The fourth-order valence-electron chi connectivity index (χ4n) is 1.73. The number of aliphatic carboxylic acids is 2. The van der Waals surface area contributed by atoms with Crippen LogP contribution in [0.4, 0.5) is 0 Å². The highest BCUT2D eigenvalue weighted by Gasteiger charge is 2.05. The molecule has 0 heterocycles. The number of carbonyl (C=O) groups is 2. The van der Waals surface area contributed by atoms with Crippen molar-refractivity contribution in [2.75, 3.05) is 27.2 Å². The van der Waals surface area contributed by atoms with Crippen molar-refractivity contribution in [3.63, 3.8) is 0 Å². The van der Waals surface area contributed by atoms with E-state index in [2.05, 4.69) is 58.0 Å². The number of carboxylic acid groups (broad SMARTS) is 2. The standard InChI is InChI=1S/C14H23NO.C2H2O4/c1-11(2)14-7-6-13(10-12(14)3)16-9-8-15(4)5;3-1(4)2(5)6/h6-7,10-11H,8-9H2,1-5H3;(H,3,4)(H,5,6). The first kappa shape index (κ1) is 19.9. The Morgan fingerprint density at radius 2 is 1.73 bits per heavy atom. The van der Waals surface area contributed by atoms with E-state index < -0.39 is 11.9 Å². The smallest absolute Gasteiger partial charge is 0.414 e. The molecule has 1 aromatic carbocycles. The molecule has 1 rings (SSSR count). The molecular formula is C16H25NO5. The van der Waals surface area contributed by atoms with Crippen molar-refractivity contribution >= 4 is 11.9 Å². The molecule has 6 nitrogen and oxygen atoms in total. The molecule has 0 aliphatic rings. The molecule has 0 fully saturated rings. The molecule has 2 N–H and O–H groups in total. The highest BCUT2D eigenvalue weighted by Crippen LogP contribution is 2.23. The van der Waals surface area contributed by atoms with Crippen molar-refractivity contribution in [2.45, 2.75) is 26.7 Å². The van der Waals surface area contributed by atoms with Gasteiger partial charge in [0.15, 0.2) is 0 Å². The van der Waals surface area contributed by atoms with Gasteiger partial charge in [-0.05, 0) is 50.2 Å². The number of carboxylic acids is 2. The van der Waals surface area contributed by atoms with E-state index in [1.54, 1.807) is 0 Å². The zero-order chi connectivity index (χ0) is 17.3. The molecule has 0 aromatic heterocycles. The van der Waals surface area contributed by atoms with Gasteiger partial charge in [0.05, 0.1) is 0 Å². The number of rotatable bonds is 5. The summed E-state index contributed by atoms with van der Waals surface area (Å²) in [6, 6.07) is 6.37. The fourth-order valence-corrected chi connectivity index (χ4v) is 1.73. The summed E-state index contributed by atoms with van der Waals surface area (Å²) >= 11 is 0. The monoisotopic (exact) mass is 311 g/mol. The molecule has 6 heteroatoms. The maximum Gasteiger partial charge on any atom is 0.414 e. The molecule has 0 aliphatic heterocycles. The number of aryl methyl sites for hydroxylation is 1. The van der Waals surface area contributed by atoms with Crippen LogP contribution in [0.15, 0.2) is 18.2 Å². The van der Waals surface area contributed by atoms with Gasteiger partial charge in [-0.3, -0.25) is 0 Å². The maximum atomic E-state index is 9.10. The van der Waals surface area contributed by atoms with Crippen LogP contribution in [0.3, 0.4) is 0 Å². The molecular weight excluding hydrogens is 286 g/mol. The van der Waals surface area contributed by atoms with Crippen LogP contribution in [0.5, 0.6) is 5.75 Å². The quantitative estimate of drug-likeness (QED) is 0.811. The lowest BCUT2D eigenvalue weighted by molar-refractivity contribution is -0.159. The lowest BCUT2D eigenvalue weighted by atomic mass is 9.98. The Bertz CT molecular complexity index is 485. The molecule has 0 saturated heterocycles. The largest absolute Gasteiger partial charge is 0.492 e. The average Bonchev–Trinajstić information content (AvgIpc) is 2.38. The fraction of sp³-hybridized carbons (Fsp3) is 0.500. The third-order valence-corrected chi connectivity index (χ3v) is 2.85. The summed E-state index contributed by atoms with van der Waals surface area (Å²) in [5.41, 5.74) is 2.72. The van der Waals surface area contributed by atoms with Crippen LogP contribution in [0.1, 0.15) is 30.9 Å². The Kier molecular flexibility index (Phi) is 8.86. The van der Waals surface area contributed by atoms with Crippen LogP contribution in [-0.2, 0) is 9.59 Å². The first-order valence-electron chi connectivity index (χ1n) is 6.99. The van der Waals surface area contributed by atoms with Gasteiger partial charge < -0.3 is 19.8 Å². The number of hydrogen-bond donors (Lipinski definition) is 2. The summed E-state index contributed by atoms with van der Waals surface area (Å²) in [5.74, 6) is -2.09. The highest BCUT2D eigenvalue weighted by atomic mass is 16.5. The van der Waals surface area contributed by atoms with E-state index >= 15 is 0 Å². The number of benzene rings is 1. The lowest BCUT2D eigenvalue weighted by Crippen LogP contribution is -2.19. The van der Waals surface area contributed by atoms with Crippen molar-refractivity contribution < 1.29 is 24.5 Å². The number of ether oxygens (including phenoxy) is 1. The topological polar surface area (TPSA) is 87.1 Å². The van der Waals surface area contributed by atoms with E-state index in [-0.39, 0.29) is 0 Å². The Labute approximate surface area is 131 Å². The lowest BCUT2D eigenvalue weighted by Gasteiger charge is -2.14. The van der Waals surface area contributed by atoms with Crippen molar-refractivity contribution in [3.05, 3.63) is 29.3 Å². The summed E-state index contributed by atoms with van der Waals surface area (Å²) in [4.78, 5) is 20.3. The van der Waals surface area contributed by atoms with Crippen molar-refractivity contribution in [1.82, 2.24) is 4.90 Å². The molecule has 0 atom stereocenters. The molecule has 0 spiro atoms. The molecule has 0 aliphatic carbocycles. The summed E-state index contributed by atoms with van der Waals surface area (Å²) < 4.78 is 5.69. The third kappa shape index (κ3) is 8.26. The van der Waals surface area contributed by atoms with Crippen LogP contribution in [0.2, 0.25) is 0 Å². The van der Waals surface area contributed by atoms with Crippen LogP contribution in [0, 0.1) is 6.92 Å². The van der Waals surface area contributed by atoms with Gasteiger partial charge in [0.1, 0.15) is 12.4 Å². The zero-order valence-corrected chi connectivity index (χ0v) is 13.8. The second kappa shape index (κ2) is 9.78. The minimum atomic E-state index is -1.82. The second-order valence-electron chi connectivity index (χ2n) is 5.44. The Morgan fingerprint density at radius 1 is 1.18 bits per heavy atom. The molecule has 124 valence electrons. The van der Waals surface area contributed by atoms with Crippen molar-refractivity contribution in [3.8, 4) is 5.75 Å². The molecule has 0 bridgehead atoms. The summed E-state index contributed by atoms with van der Waals surface area (Å²) in [6.07, 6.45) is 0. The van der Waals surface area contributed by atoms with Crippen molar-refractivity contribution in [2.24, 2.45) is 0 Å². The molecule has 0 amide bonds. The molecule has 0 unspecified atom stereocenters. The van der Waals surface area contributed by atoms with Gasteiger partial charge >= 0.3 is 11.9 Å². The van der Waals surface area contributed by atoms with Gasteiger partial charge in [0.2, 0.25) is 0 Å². The molecule has 22 heavy (non-hydrogen) atoms. The summed E-state index contributed by atoms with van der Waals surface area (Å²) in [5, 5.41) is 14.8. The normalized spacial score (nSPS) is 10.1. The van der Waals surface area contributed by atoms with Gasteiger partial charge in [-0.1, -0.05) is 19.9 Å². The van der Waals surface area contributed by atoms with Gasteiger partial charge in [0.25, 0.3) is 0 Å². The third-order valence-electron chi connectivity index (χ3n) is 2.85. The van der Waals surface area contributed by atoms with Gasteiger partial charge in [-0.2, -0.15) is 0 Å². The van der Waals surface area contributed by atoms with Crippen LogP contribution in [-0.4, -0.2) is 54.3 Å². The first-order chi connectivity index (χ1) is 10.1. The maximum absolute atomic E-state index is 9.10. The molecule has 0 saturated carbocycles. The van der Waals surface area contributed by atoms with Crippen molar-refractivity contribution in [1.29, 1.82) is 0 Å². The van der Waals surface area contributed by atoms with E-state index in [0.29, 0.717) is 5.92 Å². The summed E-state index contributed by atoms with van der Waals surface area (Å²) in [7, 11) is 4.10. The Balaban J connectivity index is 0.000000626. The highest BCUT2D eigenvalue weighted by molar-refractivity contribution is 6.27. The van der Waals surface area contributed by atoms with Gasteiger partial charge in [0, 0.05) is 6.54 Å². The number of hydrogen-bond acceptors (Lipinski definition) is 4. The minimum Gasteiger partial charge on any atom is -0.492 e. The number of nitrogens with zero attached hydrogens (tertiary/aromatic N) is 1. The summed E-state index contributed by atoms with van der Waals surface area (Å²) in [6.45, 7) is 8.27. The van der Waals surface area contributed by atoms with E-state index in [9.17, 15) is 0 Å². The second-order valence-corrected chi connectivity index (χ2v) is 5.44. The SMILES string of the molecule is Cc1cc(OCCN(C)C)ccc1C(C)C.O=C(O)C(=O)O. The number of likely N-dealkylation sites (N-methyl/N-ethyl adjacent to an activating group) is 1. The minimum absolute atomic E-state index is 0.579. The van der Waals surface area contributed by atoms with Crippen LogP contribution < -0.4 is 4.74 Å². The predicted molar refractivity (Wildman–Crippen MR) is 84.6 cm³/mol. The van der Waals surface area contributed by atoms with Crippen LogP contribution >= 0.6 is 0 Å². The molecule has 1 aromatic rings. The van der Waals surface area contributed by atoms with E-state index in [1.807, 2.05) is 0 Å². The predicted octanol–water partition coefficient (Wildman–Crippen LogP) is 2.21. The Hall–Kier alpha value is -2.08. The van der Waals surface area contributed by atoms with E-state index in [0.717, 1.165) is 18.9 Å². The van der Waals surface area contributed by atoms with E-state index in [1.165, 1.54) is 11.1 Å². The van der Waals surface area contributed by atoms with Gasteiger partial charge in [-0.15, -0.1) is 0 Å². The Morgan fingerprint density at radius 3 is 2.09 bits per heavy atom.